The molecule has 10 nitrogen and oxygen atoms in total. The van der Waals surface area contributed by atoms with Crippen molar-refractivity contribution in [1.29, 1.82) is 0 Å². The highest BCUT2D eigenvalue weighted by molar-refractivity contribution is 7.93. The Labute approximate surface area is 197 Å². The van der Waals surface area contributed by atoms with Crippen LogP contribution in [0, 0.1) is 6.92 Å². The van der Waals surface area contributed by atoms with Crippen LogP contribution in [0.25, 0.3) is 11.3 Å². The van der Waals surface area contributed by atoms with E-state index in [2.05, 4.69) is 21.8 Å². The van der Waals surface area contributed by atoms with Gasteiger partial charge in [0.1, 0.15) is 17.2 Å². The van der Waals surface area contributed by atoms with Crippen molar-refractivity contribution in [2.24, 2.45) is 0 Å². The molecule has 0 unspecified atom stereocenters. The molecule has 0 spiro atoms. The Balaban J connectivity index is 1.97. The van der Waals surface area contributed by atoms with Crippen molar-refractivity contribution >= 4 is 21.7 Å². The van der Waals surface area contributed by atoms with Crippen molar-refractivity contribution < 1.29 is 31.9 Å². The summed E-state index contributed by atoms with van der Waals surface area (Å²) in [6, 6.07) is 9.73. The number of aromatic nitrogens is 1. The smallest absolute Gasteiger partial charge is 0.270 e. The van der Waals surface area contributed by atoms with Crippen LogP contribution >= 0.6 is 0 Å². The minimum absolute atomic E-state index is 0.0481. The lowest BCUT2D eigenvalue weighted by atomic mass is 10.0. The fraction of sp³-hybridized carbons (Fsp3) is 0.217. The highest BCUT2D eigenvalue weighted by atomic mass is 32.2. The number of carbonyl (C=O) groups excluding carboxylic acids is 1. The van der Waals surface area contributed by atoms with Gasteiger partial charge in [0.2, 0.25) is 5.91 Å². The van der Waals surface area contributed by atoms with E-state index >= 15 is 0 Å². The Hall–Kier alpha value is -3.99. The van der Waals surface area contributed by atoms with Crippen LogP contribution in [0.15, 0.2) is 58.5 Å². The predicted molar refractivity (Wildman–Crippen MR) is 126 cm³/mol. The van der Waals surface area contributed by atoms with Crippen LogP contribution < -0.4 is 24.2 Å². The van der Waals surface area contributed by atoms with E-state index in [4.69, 9.17) is 18.7 Å². The van der Waals surface area contributed by atoms with Gasteiger partial charge in [-0.05, 0) is 36.8 Å². The number of hydrogen-bond donors (Lipinski definition) is 2. The Morgan fingerprint density at radius 3 is 2.38 bits per heavy atom. The van der Waals surface area contributed by atoms with E-state index in [0.29, 0.717) is 16.9 Å². The molecule has 34 heavy (non-hydrogen) atoms. The van der Waals surface area contributed by atoms with Gasteiger partial charge in [-0.15, -0.1) is 0 Å². The molecule has 0 saturated heterocycles. The molecular formula is C23H25N3O7S. The maximum absolute atomic E-state index is 13.1. The summed E-state index contributed by atoms with van der Waals surface area (Å²) in [6.45, 7) is 5.50. The van der Waals surface area contributed by atoms with Crippen LogP contribution in [0.1, 0.15) is 11.1 Å². The summed E-state index contributed by atoms with van der Waals surface area (Å²) in [5.74, 6) is 0.569. The SMILES string of the molecule is C=CC(=O)NCc1cc(C)cc(-c2cc(NS(=O)(=O)c3c(OC)cccc3OC)no2)c1OC. The molecule has 0 saturated carbocycles. The first kappa shape index (κ1) is 24.6. The molecule has 0 fully saturated rings. The molecule has 0 radical (unpaired) electrons. The Morgan fingerprint density at radius 1 is 1.12 bits per heavy atom. The van der Waals surface area contributed by atoms with Gasteiger partial charge >= 0.3 is 0 Å². The molecule has 0 aliphatic heterocycles. The van der Waals surface area contributed by atoms with E-state index in [0.717, 1.165) is 5.56 Å². The van der Waals surface area contributed by atoms with Gasteiger partial charge in [-0.1, -0.05) is 23.9 Å². The highest BCUT2D eigenvalue weighted by Crippen LogP contribution is 2.37. The van der Waals surface area contributed by atoms with Crippen molar-refractivity contribution in [2.75, 3.05) is 26.1 Å². The number of amides is 1. The zero-order valence-electron chi connectivity index (χ0n) is 19.2. The second-order valence-corrected chi connectivity index (χ2v) is 8.72. The highest BCUT2D eigenvalue weighted by Gasteiger charge is 2.26. The molecule has 1 aromatic heterocycles. The van der Waals surface area contributed by atoms with Gasteiger partial charge in [0.25, 0.3) is 10.0 Å². The molecule has 0 aliphatic rings. The maximum atomic E-state index is 13.1. The standard InChI is InChI=1S/C23H25N3O7S/c1-6-21(27)24-13-15-10-14(2)11-16(22(15)32-5)19-12-20(25-33-19)26-34(28,29)23-17(30-3)8-7-9-18(23)31-4/h6-12H,1,13H2,2-5H3,(H,24,27)(H,25,26). The van der Waals surface area contributed by atoms with E-state index in [1.165, 1.54) is 45.6 Å². The summed E-state index contributed by atoms with van der Waals surface area (Å²) in [7, 11) is 0.0800. The average molecular weight is 488 g/mol. The predicted octanol–water partition coefficient (Wildman–Crippen LogP) is 3.28. The van der Waals surface area contributed by atoms with Crippen molar-refractivity contribution in [3.63, 3.8) is 0 Å². The Kier molecular flexibility index (Phi) is 7.47. The first-order valence-electron chi connectivity index (χ1n) is 10.0. The molecule has 0 bridgehead atoms. The van der Waals surface area contributed by atoms with Crippen LogP contribution in [0.2, 0.25) is 0 Å². The second-order valence-electron chi connectivity index (χ2n) is 7.10. The molecule has 0 aliphatic carbocycles. The zero-order chi connectivity index (χ0) is 24.9. The normalized spacial score (nSPS) is 10.9. The molecule has 3 rings (SSSR count). The number of anilines is 1. The molecule has 2 aromatic carbocycles. The summed E-state index contributed by atoms with van der Waals surface area (Å²) >= 11 is 0. The first-order chi connectivity index (χ1) is 16.2. The number of aryl methyl sites for hydroxylation is 1. The number of rotatable bonds is 10. The number of sulfonamides is 1. The minimum atomic E-state index is -4.13. The van der Waals surface area contributed by atoms with Gasteiger partial charge in [0.05, 0.1) is 26.9 Å². The quantitative estimate of drug-likeness (QED) is 0.417. The van der Waals surface area contributed by atoms with Crippen LogP contribution in [0.3, 0.4) is 0 Å². The number of methoxy groups -OCH3 is 3. The maximum Gasteiger partial charge on any atom is 0.270 e. The topological polar surface area (TPSA) is 129 Å². The second kappa shape index (κ2) is 10.3. The average Bonchev–Trinajstić information content (AvgIpc) is 3.28. The molecule has 2 N–H and O–H groups in total. The lowest BCUT2D eigenvalue weighted by molar-refractivity contribution is -0.116. The van der Waals surface area contributed by atoms with Gasteiger partial charge in [-0.2, -0.15) is 0 Å². The van der Waals surface area contributed by atoms with Gasteiger partial charge in [0, 0.05) is 18.2 Å². The summed E-state index contributed by atoms with van der Waals surface area (Å²) in [5, 5.41) is 6.56. The summed E-state index contributed by atoms with van der Waals surface area (Å²) in [5.41, 5.74) is 2.11. The van der Waals surface area contributed by atoms with Crippen molar-refractivity contribution in [3.05, 3.63) is 60.2 Å². The van der Waals surface area contributed by atoms with Crippen molar-refractivity contribution in [2.45, 2.75) is 18.4 Å². The third kappa shape index (κ3) is 5.15. The fourth-order valence-corrected chi connectivity index (χ4v) is 4.69. The van der Waals surface area contributed by atoms with Gasteiger partial charge in [0.15, 0.2) is 16.5 Å². The van der Waals surface area contributed by atoms with E-state index in [1.807, 2.05) is 13.0 Å². The molecule has 3 aromatic rings. The van der Waals surface area contributed by atoms with E-state index in [1.54, 1.807) is 12.1 Å². The van der Waals surface area contributed by atoms with Crippen molar-refractivity contribution in [3.8, 4) is 28.6 Å². The summed E-state index contributed by atoms with van der Waals surface area (Å²) in [6.07, 6.45) is 1.18. The molecule has 1 amide bonds. The molecular weight excluding hydrogens is 462 g/mol. The lowest BCUT2D eigenvalue weighted by Gasteiger charge is -2.14. The number of benzene rings is 2. The number of nitrogens with zero attached hydrogens (tertiary/aromatic N) is 1. The van der Waals surface area contributed by atoms with Crippen LogP contribution in [-0.2, 0) is 21.4 Å². The molecule has 0 atom stereocenters. The van der Waals surface area contributed by atoms with Gasteiger partial charge in [-0.3, -0.25) is 9.52 Å². The molecule has 180 valence electrons. The summed E-state index contributed by atoms with van der Waals surface area (Å²) < 4.78 is 49.9. The number of carbonyl (C=O) groups is 1. The van der Waals surface area contributed by atoms with Crippen LogP contribution in [-0.4, -0.2) is 40.8 Å². The third-order valence-electron chi connectivity index (χ3n) is 4.82. The van der Waals surface area contributed by atoms with E-state index in [9.17, 15) is 13.2 Å². The number of nitrogens with one attached hydrogen (secondary N) is 2. The van der Waals surface area contributed by atoms with Gasteiger partial charge < -0.3 is 24.1 Å². The third-order valence-corrected chi connectivity index (χ3v) is 6.24. The largest absolute Gasteiger partial charge is 0.496 e. The van der Waals surface area contributed by atoms with E-state index in [-0.39, 0.29) is 40.4 Å². The molecule has 1 heterocycles. The first-order valence-corrected chi connectivity index (χ1v) is 11.5. The lowest BCUT2D eigenvalue weighted by Crippen LogP contribution is -2.20. The van der Waals surface area contributed by atoms with Crippen molar-refractivity contribution in [1.82, 2.24) is 10.5 Å². The van der Waals surface area contributed by atoms with E-state index < -0.39 is 10.0 Å². The Bertz CT molecular complexity index is 1290. The minimum Gasteiger partial charge on any atom is -0.496 e. The molecule has 11 heteroatoms. The Morgan fingerprint density at radius 2 is 1.79 bits per heavy atom. The number of ether oxygens (including phenoxy) is 3. The number of hydrogen-bond acceptors (Lipinski definition) is 8. The summed E-state index contributed by atoms with van der Waals surface area (Å²) in [4.78, 5) is 11.4. The van der Waals surface area contributed by atoms with Gasteiger partial charge in [-0.25, -0.2) is 8.42 Å². The monoisotopic (exact) mass is 487 g/mol. The van der Waals surface area contributed by atoms with Crippen LogP contribution in [0.5, 0.6) is 17.2 Å². The van der Waals surface area contributed by atoms with Crippen LogP contribution in [0.4, 0.5) is 5.82 Å². The fourth-order valence-electron chi connectivity index (χ4n) is 3.38. The zero-order valence-corrected chi connectivity index (χ0v) is 20.0.